The van der Waals surface area contributed by atoms with E-state index in [-0.39, 0.29) is 24.4 Å². The summed E-state index contributed by atoms with van der Waals surface area (Å²) in [6, 6.07) is 12.2. The summed E-state index contributed by atoms with van der Waals surface area (Å²) in [5.74, 6) is 0.545. The van der Waals surface area contributed by atoms with Gasteiger partial charge in [-0.15, -0.1) is 19.0 Å². The van der Waals surface area contributed by atoms with E-state index < -0.39 is 6.10 Å². The number of hydrogen-bond acceptors (Lipinski definition) is 5. The molecule has 0 spiro atoms. The Hall–Kier alpha value is -2.34. The number of aliphatic hydroxyl groups is 1. The van der Waals surface area contributed by atoms with Gasteiger partial charge < -0.3 is 19.6 Å². The number of halogens is 1. The Balaban J connectivity index is 0.00000225. The molecule has 3 aromatic rings. The molecule has 0 aliphatic carbocycles. The van der Waals surface area contributed by atoms with Crippen molar-refractivity contribution in [2.75, 3.05) is 19.7 Å². The first-order chi connectivity index (χ1) is 11.7. The van der Waals surface area contributed by atoms with Gasteiger partial charge in [0.25, 0.3) is 0 Å². The van der Waals surface area contributed by atoms with Crippen LogP contribution >= 0.6 is 12.4 Å². The zero-order valence-electron chi connectivity index (χ0n) is 13.6. The maximum atomic E-state index is 12.5. The lowest BCUT2D eigenvalue weighted by Crippen LogP contribution is -2.31. The SMILES string of the molecule is C=CCNCC(O)COc1ccc2c(=O)c3ccccc3oc2c1.Cl. The highest BCUT2D eigenvalue weighted by atomic mass is 35.5. The molecule has 0 aliphatic heterocycles. The van der Waals surface area contributed by atoms with Crippen LogP contribution in [-0.2, 0) is 0 Å². The highest BCUT2D eigenvalue weighted by Crippen LogP contribution is 2.22. The van der Waals surface area contributed by atoms with Gasteiger partial charge in [0.2, 0.25) is 5.43 Å². The van der Waals surface area contributed by atoms with Crippen LogP contribution in [0.5, 0.6) is 5.75 Å². The van der Waals surface area contributed by atoms with E-state index in [0.29, 0.717) is 40.8 Å². The first-order valence-electron chi connectivity index (χ1n) is 7.77. The van der Waals surface area contributed by atoms with Crippen molar-refractivity contribution in [2.24, 2.45) is 0 Å². The molecule has 1 heterocycles. The van der Waals surface area contributed by atoms with Crippen molar-refractivity contribution >= 4 is 34.3 Å². The van der Waals surface area contributed by atoms with E-state index in [1.807, 2.05) is 12.1 Å². The maximum absolute atomic E-state index is 12.5. The Bertz CT molecular complexity index is 922. The number of para-hydroxylation sites is 1. The molecule has 1 aromatic heterocycles. The molecule has 0 saturated heterocycles. The minimum Gasteiger partial charge on any atom is -0.491 e. The number of ether oxygens (including phenoxy) is 1. The maximum Gasteiger partial charge on any atom is 0.200 e. The average molecular weight is 362 g/mol. The lowest BCUT2D eigenvalue weighted by atomic mass is 10.1. The van der Waals surface area contributed by atoms with Gasteiger partial charge in [-0.25, -0.2) is 0 Å². The monoisotopic (exact) mass is 361 g/mol. The van der Waals surface area contributed by atoms with Crippen molar-refractivity contribution in [3.63, 3.8) is 0 Å². The molecule has 0 bridgehead atoms. The van der Waals surface area contributed by atoms with Gasteiger partial charge in [-0.3, -0.25) is 4.79 Å². The molecular formula is C19H20ClNO4. The summed E-state index contributed by atoms with van der Waals surface area (Å²) in [5.41, 5.74) is 0.948. The molecule has 0 saturated carbocycles. The number of nitrogens with one attached hydrogen (secondary N) is 1. The van der Waals surface area contributed by atoms with Crippen LogP contribution in [0.2, 0.25) is 0 Å². The van der Waals surface area contributed by atoms with Gasteiger partial charge in [0.15, 0.2) is 0 Å². The van der Waals surface area contributed by atoms with Crippen LogP contribution in [0.1, 0.15) is 0 Å². The second-order valence-corrected chi connectivity index (χ2v) is 5.50. The molecule has 1 unspecified atom stereocenters. The van der Waals surface area contributed by atoms with Crippen LogP contribution in [0.3, 0.4) is 0 Å². The van der Waals surface area contributed by atoms with Crippen molar-refractivity contribution in [2.45, 2.75) is 6.10 Å². The number of rotatable bonds is 7. The van der Waals surface area contributed by atoms with Crippen molar-refractivity contribution in [1.82, 2.24) is 5.32 Å². The third kappa shape index (κ3) is 4.39. The van der Waals surface area contributed by atoms with E-state index in [0.717, 1.165) is 0 Å². The highest BCUT2D eigenvalue weighted by Gasteiger charge is 2.09. The Morgan fingerprint density at radius 2 is 1.96 bits per heavy atom. The third-order valence-corrected chi connectivity index (χ3v) is 3.66. The Labute approximate surface area is 151 Å². The largest absolute Gasteiger partial charge is 0.491 e. The summed E-state index contributed by atoms with van der Waals surface area (Å²) in [6.07, 6.45) is 1.09. The molecule has 0 aliphatic rings. The lowest BCUT2D eigenvalue weighted by Gasteiger charge is -2.13. The predicted octanol–water partition coefficient (Wildman–Crippen LogP) is 2.88. The van der Waals surface area contributed by atoms with Crippen LogP contribution in [-0.4, -0.2) is 30.9 Å². The Morgan fingerprint density at radius 1 is 1.20 bits per heavy atom. The highest BCUT2D eigenvalue weighted by molar-refractivity contribution is 5.90. The predicted molar refractivity (Wildman–Crippen MR) is 102 cm³/mol. The minimum absolute atomic E-state index is 0. The standard InChI is InChI=1S/C19H19NO4.ClH/c1-2-9-20-11-13(21)12-23-14-7-8-16-18(10-14)24-17-6-4-3-5-15(17)19(16)22;/h2-8,10,13,20-21H,1,9,11-12H2;1H. The van der Waals surface area contributed by atoms with Crippen molar-refractivity contribution < 1.29 is 14.3 Å². The van der Waals surface area contributed by atoms with Crippen LogP contribution < -0.4 is 15.5 Å². The number of fused-ring (bicyclic) bond motifs is 2. The van der Waals surface area contributed by atoms with Gasteiger partial charge in [-0.2, -0.15) is 0 Å². The molecule has 25 heavy (non-hydrogen) atoms. The zero-order valence-corrected chi connectivity index (χ0v) is 14.4. The Morgan fingerprint density at radius 3 is 2.76 bits per heavy atom. The first kappa shape index (κ1) is 19.0. The molecular weight excluding hydrogens is 342 g/mol. The topological polar surface area (TPSA) is 71.7 Å². The van der Waals surface area contributed by atoms with Crippen LogP contribution in [0.4, 0.5) is 0 Å². The van der Waals surface area contributed by atoms with Gasteiger partial charge in [0.05, 0.1) is 10.8 Å². The van der Waals surface area contributed by atoms with Gasteiger partial charge in [-0.1, -0.05) is 18.2 Å². The van der Waals surface area contributed by atoms with Crippen molar-refractivity contribution in [3.8, 4) is 5.75 Å². The van der Waals surface area contributed by atoms with E-state index in [1.165, 1.54) is 0 Å². The number of benzene rings is 2. The average Bonchev–Trinajstić information content (AvgIpc) is 2.60. The fourth-order valence-corrected chi connectivity index (χ4v) is 2.47. The normalized spacial score (nSPS) is 11.9. The van der Waals surface area contributed by atoms with Crippen LogP contribution in [0.15, 0.2) is 64.3 Å². The molecule has 132 valence electrons. The number of hydrogen-bond donors (Lipinski definition) is 2. The summed E-state index contributed by atoms with van der Waals surface area (Å²) in [5, 5.41) is 13.9. The molecule has 0 fully saturated rings. The molecule has 6 heteroatoms. The van der Waals surface area contributed by atoms with Gasteiger partial charge in [-0.05, 0) is 24.3 Å². The Kier molecular flexibility index (Phi) is 6.58. The fourth-order valence-electron chi connectivity index (χ4n) is 2.47. The summed E-state index contributed by atoms with van der Waals surface area (Å²) >= 11 is 0. The van der Waals surface area contributed by atoms with E-state index >= 15 is 0 Å². The second kappa shape index (κ2) is 8.67. The summed E-state index contributed by atoms with van der Waals surface area (Å²) < 4.78 is 11.4. The molecule has 2 aromatic carbocycles. The molecule has 2 N–H and O–H groups in total. The van der Waals surface area contributed by atoms with Crippen molar-refractivity contribution in [1.29, 1.82) is 0 Å². The zero-order chi connectivity index (χ0) is 16.9. The van der Waals surface area contributed by atoms with Crippen LogP contribution in [0.25, 0.3) is 21.9 Å². The van der Waals surface area contributed by atoms with E-state index in [4.69, 9.17) is 9.15 Å². The summed E-state index contributed by atoms with van der Waals surface area (Å²) in [4.78, 5) is 12.5. The summed E-state index contributed by atoms with van der Waals surface area (Å²) in [6.45, 7) is 4.79. The first-order valence-corrected chi connectivity index (χ1v) is 7.77. The molecule has 1 atom stereocenters. The lowest BCUT2D eigenvalue weighted by molar-refractivity contribution is 0.107. The quantitative estimate of drug-likeness (QED) is 0.384. The van der Waals surface area contributed by atoms with Crippen LogP contribution in [0, 0.1) is 0 Å². The minimum atomic E-state index is -0.635. The molecule has 0 radical (unpaired) electrons. The molecule has 0 amide bonds. The molecule has 5 nitrogen and oxygen atoms in total. The van der Waals surface area contributed by atoms with E-state index in [9.17, 15) is 9.90 Å². The smallest absolute Gasteiger partial charge is 0.200 e. The second-order valence-electron chi connectivity index (χ2n) is 5.50. The van der Waals surface area contributed by atoms with Crippen molar-refractivity contribution in [3.05, 3.63) is 65.3 Å². The summed E-state index contributed by atoms with van der Waals surface area (Å²) in [7, 11) is 0. The van der Waals surface area contributed by atoms with E-state index in [2.05, 4.69) is 11.9 Å². The third-order valence-electron chi connectivity index (χ3n) is 3.66. The van der Waals surface area contributed by atoms with Gasteiger partial charge >= 0.3 is 0 Å². The van der Waals surface area contributed by atoms with Gasteiger partial charge in [0.1, 0.15) is 29.6 Å². The van der Waals surface area contributed by atoms with Gasteiger partial charge in [0, 0.05) is 19.2 Å². The fraction of sp³-hybridized carbons (Fsp3) is 0.211. The van der Waals surface area contributed by atoms with E-state index in [1.54, 1.807) is 36.4 Å². The number of aliphatic hydroxyl groups excluding tert-OH is 1. The molecule has 3 rings (SSSR count).